The van der Waals surface area contributed by atoms with Gasteiger partial charge in [-0.1, -0.05) is 0 Å². The van der Waals surface area contributed by atoms with Gasteiger partial charge in [0.2, 0.25) is 0 Å². The molecule has 0 radical (unpaired) electrons. The summed E-state index contributed by atoms with van der Waals surface area (Å²) in [5, 5.41) is 4.09. The van der Waals surface area contributed by atoms with Crippen LogP contribution in [-0.2, 0) is 10.9 Å². The Morgan fingerprint density at radius 1 is 0.946 bits per heavy atom. The van der Waals surface area contributed by atoms with Crippen molar-refractivity contribution in [3.63, 3.8) is 0 Å². The highest BCUT2D eigenvalue weighted by Gasteiger charge is 2.32. The second kappa shape index (κ2) is 10.2. The van der Waals surface area contributed by atoms with E-state index in [1.165, 1.54) is 12.8 Å². The molecule has 4 heterocycles. The van der Waals surface area contributed by atoms with Gasteiger partial charge in [0, 0.05) is 42.8 Å². The van der Waals surface area contributed by atoms with Crippen LogP contribution in [0.3, 0.4) is 0 Å². The van der Waals surface area contributed by atoms with Crippen LogP contribution < -0.4 is 0 Å². The third-order valence-electron chi connectivity index (χ3n) is 6.72. The summed E-state index contributed by atoms with van der Waals surface area (Å²) in [6.07, 6.45) is 3.42. The molecule has 0 unspecified atom stereocenters. The predicted molar refractivity (Wildman–Crippen MR) is 130 cm³/mol. The van der Waals surface area contributed by atoms with Crippen molar-refractivity contribution in [2.24, 2.45) is 0 Å². The minimum Gasteiger partial charge on any atom is -0.381 e. The Morgan fingerprint density at radius 3 is 2.30 bits per heavy atom. The Morgan fingerprint density at radius 2 is 1.68 bits per heavy atom. The van der Waals surface area contributed by atoms with E-state index >= 15 is 0 Å². The van der Waals surface area contributed by atoms with Crippen molar-refractivity contribution in [3.8, 4) is 11.3 Å². The number of hydrogen-bond acceptors (Lipinski definition) is 5. The summed E-state index contributed by atoms with van der Waals surface area (Å²) in [6.45, 7) is 4.82. The van der Waals surface area contributed by atoms with Gasteiger partial charge in [-0.25, -0.2) is 19.3 Å². The fourth-order valence-electron chi connectivity index (χ4n) is 4.36. The highest BCUT2D eigenvalue weighted by Crippen LogP contribution is 2.36. The standard InChI is InChI=1S/C21H19F4N3O.C6H8N2/c1-11-12(2)27-20-18(26-11)10-17(13-5-7-29-8-6-13)28-19(20)15-4-3-14(9-16(15)22)21(23,24)25;1-4-7-8(5-1)6-2-3-6/h3-4,9-10,13H,5-8H2,1-2H3;1,4-6H,2-3H2. The zero-order valence-electron chi connectivity index (χ0n) is 20.6. The lowest BCUT2D eigenvalue weighted by atomic mass is 9.94. The van der Waals surface area contributed by atoms with Crippen LogP contribution in [0.2, 0.25) is 0 Å². The van der Waals surface area contributed by atoms with E-state index in [-0.39, 0.29) is 17.2 Å². The van der Waals surface area contributed by atoms with Gasteiger partial charge in [-0.3, -0.25) is 4.68 Å². The average molecular weight is 514 g/mol. The van der Waals surface area contributed by atoms with E-state index in [1.54, 1.807) is 6.92 Å². The molecule has 1 saturated carbocycles. The third kappa shape index (κ3) is 5.64. The Hall–Kier alpha value is -3.40. The van der Waals surface area contributed by atoms with Crippen molar-refractivity contribution in [3.05, 3.63) is 71.2 Å². The largest absolute Gasteiger partial charge is 0.416 e. The van der Waals surface area contributed by atoms with Crippen molar-refractivity contribution in [1.29, 1.82) is 0 Å². The normalized spacial score (nSPS) is 16.5. The lowest BCUT2D eigenvalue weighted by molar-refractivity contribution is -0.137. The topological polar surface area (TPSA) is 65.7 Å². The summed E-state index contributed by atoms with van der Waals surface area (Å²) in [7, 11) is 0. The fourth-order valence-corrected chi connectivity index (χ4v) is 4.36. The highest BCUT2D eigenvalue weighted by atomic mass is 19.4. The van der Waals surface area contributed by atoms with Crippen molar-refractivity contribution in [2.75, 3.05) is 13.2 Å². The number of nitrogens with zero attached hydrogens (tertiary/aromatic N) is 5. The summed E-state index contributed by atoms with van der Waals surface area (Å²) >= 11 is 0. The van der Waals surface area contributed by atoms with Gasteiger partial charge in [-0.05, 0) is 69.9 Å². The molecule has 0 spiro atoms. The zero-order chi connectivity index (χ0) is 26.2. The number of halogens is 4. The van der Waals surface area contributed by atoms with Crippen LogP contribution in [0.4, 0.5) is 17.6 Å². The fraction of sp³-hybridized carbons (Fsp3) is 0.407. The van der Waals surface area contributed by atoms with Gasteiger partial charge >= 0.3 is 6.18 Å². The summed E-state index contributed by atoms with van der Waals surface area (Å²) in [6, 6.07) is 7.03. The Bertz CT molecular complexity index is 1390. The highest BCUT2D eigenvalue weighted by molar-refractivity contribution is 5.89. The van der Waals surface area contributed by atoms with Gasteiger partial charge in [0.05, 0.1) is 28.5 Å². The quantitative estimate of drug-likeness (QED) is 0.290. The molecule has 6 rings (SSSR count). The third-order valence-corrected chi connectivity index (χ3v) is 6.72. The lowest BCUT2D eigenvalue weighted by Crippen LogP contribution is -2.16. The first kappa shape index (κ1) is 25.3. The summed E-state index contributed by atoms with van der Waals surface area (Å²) in [5.74, 6) is -0.870. The van der Waals surface area contributed by atoms with Crippen LogP contribution >= 0.6 is 0 Å². The number of aryl methyl sites for hydroxylation is 2. The molecule has 0 bridgehead atoms. The Balaban J connectivity index is 0.000000295. The molecule has 2 aliphatic rings. The smallest absolute Gasteiger partial charge is 0.381 e. The molecule has 4 aromatic rings. The number of pyridine rings is 1. The minimum atomic E-state index is -4.62. The molecule has 0 N–H and O–H groups in total. The summed E-state index contributed by atoms with van der Waals surface area (Å²) in [5.41, 5.74) is 2.21. The van der Waals surface area contributed by atoms with Gasteiger partial charge in [0.1, 0.15) is 17.0 Å². The van der Waals surface area contributed by atoms with E-state index in [4.69, 9.17) is 4.74 Å². The molecule has 1 saturated heterocycles. The van der Waals surface area contributed by atoms with Crippen LogP contribution in [0.25, 0.3) is 22.3 Å². The van der Waals surface area contributed by atoms with E-state index in [2.05, 4.69) is 20.1 Å². The van der Waals surface area contributed by atoms with Crippen molar-refractivity contribution < 1.29 is 22.3 Å². The molecular formula is C27H27F4N5O. The van der Waals surface area contributed by atoms with Crippen molar-refractivity contribution in [1.82, 2.24) is 24.7 Å². The van der Waals surface area contributed by atoms with E-state index in [9.17, 15) is 17.6 Å². The van der Waals surface area contributed by atoms with Crippen molar-refractivity contribution >= 4 is 11.0 Å². The van der Waals surface area contributed by atoms with Gasteiger partial charge < -0.3 is 4.74 Å². The molecule has 1 aliphatic heterocycles. The SMILES string of the molecule is Cc1nc2cc(C3CCOCC3)nc(-c3ccc(C(F)(F)F)cc3F)c2nc1C.c1cnn(C2CC2)c1. The number of hydrogen-bond donors (Lipinski definition) is 0. The lowest BCUT2D eigenvalue weighted by Gasteiger charge is -2.22. The van der Waals surface area contributed by atoms with E-state index in [0.29, 0.717) is 36.0 Å². The first-order valence-corrected chi connectivity index (χ1v) is 12.3. The van der Waals surface area contributed by atoms with Crippen LogP contribution in [0, 0.1) is 19.7 Å². The van der Waals surface area contributed by atoms with Crippen molar-refractivity contribution in [2.45, 2.75) is 57.7 Å². The first-order chi connectivity index (χ1) is 17.7. The average Bonchev–Trinajstić information content (AvgIpc) is 3.58. The monoisotopic (exact) mass is 513 g/mol. The van der Waals surface area contributed by atoms with Crippen LogP contribution in [-0.4, -0.2) is 37.9 Å². The van der Waals surface area contributed by atoms with E-state index < -0.39 is 17.6 Å². The molecule has 3 aromatic heterocycles. The summed E-state index contributed by atoms with van der Waals surface area (Å²) in [4.78, 5) is 13.7. The second-order valence-electron chi connectivity index (χ2n) is 9.45. The maximum absolute atomic E-state index is 14.7. The molecule has 194 valence electrons. The van der Waals surface area contributed by atoms with Gasteiger partial charge in [-0.15, -0.1) is 0 Å². The Kier molecular flexibility index (Phi) is 6.94. The van der Waals surface area contributed by atoms with E-state index in [1.807, 2.05) is 36.1 Å². The van der Waals surface area contributed by atoms with Gasteiger partial charge in [0.25, 0.3) is 0 Å². The number of fused-ring (bicyclic) bond motifs is 1. The van der Waals surface area contributed by atoms with Gasteiger partial charge in [0.15, 0.2) is 0 Å². The maximum atomic E-state index is 14.7. The number of benzene rings is 1. The van der Waals surface area contributed by atoms with Crippen LogP contribution in [0.1, 0.15) is 60.3 Å². The second-order valence-corrected chi connectivity index (χ2v) is 9.45. The van der Waals surface area contributed by atoms with Crippen LogP contribution in [0.15, 0.2) is 42.7 Å². The predicted octanol–water partition coefficient (Wildman–Crippen LogP) is 6.58. The van der Waals surface area contributed by atoms with Gasteiger partial charge in [-0.2, -0.15) is 18.3 Å². The zero-order valence-corrected chi connectivity index (χ0v) is 20.6. The number of ether oxygens (including phenoxy) is 1. The first-order valence-electron chi connectivity index (χ1n) is 12.3. The molecule has 6 nitrogen and oxygen atoms in total. The van der Waals surface area contributed by atoms with Crippen LogP contribution in [0.5, 0.6) is 0 Å². The number of aromatic nitrogens is 5. The molecule has 1 aromatic carbocycles. The van der Waals surface area contributed by atoms with E-state index in [0.717, 1.165) is 42.4 Å². The molecule has 2 fully saturated rings. The molecule has 1 aliphatic carbocycles. The molecule has 10 heteroatoms. The summed E-state index contributed by atoms with van der Waals surface area (Å²) < 4.78 is 61.0. The Labute approximate surface area is 211 Å². The minimum absolute atomic E-state index is 0.0190. The number of alkyl halides is 3. The molecule has 37 heavy (non-hydrogen) atoms. The molecular weight excluding hydrogens is 486 g/mol. The molecule has 0 amide bonds. The number of rotatable bonds is 3. The molecule has 0 atom stereocenters. The maximum Gasteiger partial charge on any atom is 0.416 e.